The van der Waals surface area contributed by atoms with Gasteiger partial charge in [-0.1, -0.05) is 13.0 Å². The first-order valence-electron chi connectivity index (χ1n) is 4.12. The Morgan fingerprint density at radius 3 is 2.14 bits per heavy atom. The van der Waals surface area contributed by atoms with Crippen LogP contribution < -0.4 is 0 Å². The van der Waals surface area contributed by atoms with Crippen molar-refractivity contribution in [2.45, 2.75) is 32.3 Å². The van der Waals surface area contributed by atoms with Gasteiger partial charge in [0.15, 0.2) is 0 Å². The molecule has 0 heterocycles. The maximum absolute atomic E-state index is 11.1. The Morgan fingerprint density at radius 2 is 1.93 bits per heavy atom. The second-order valence-electron chi connectivity index (χ2n) is 3.39. The van der Waals surface area contributed by atoms with Crippen LogP contribution >= 0.6 is 7.60 Å². The molecule has 1 unspecified atom stereocenters. The van der Waals surface area contributed by atoms with E-state index in [2.05, 4.69) is 0 Å². The molecule has 14 heavy (non-hydrogen) atoms. The normalized spacial score (nSPS) is 17.6. The van der Waals surface area contributed by atoms with E-state index in [0.717, 1.165) is 6.08 Å². The monoisotopic (exact) mass is 222 g/mol. The highest BCUT2D eigenvalue weighted by molar-refractivity contribution is 7.53. The van der Waals surface area contributed by atoms with Crippen molar-refractivity contribution in [3.63, 3.8) is 0 Å². The number of hydrogen-bond acceptors (Lipinski definition) is 2. The minimum atomic E-state index is -4.32. The van der Waals surface area contributed by atoms with Gasteiger partial charge in [0.05, 0.1) is 5.16 Å². The van der Waals surface area contributed by atoms with E-state index in [1.807, 2.05) is 0 Å². The van der Waals surface area contributed by atoms with Crippen molar-refractivity contribution < 1.29 is 24.3 Å². The second-order valence-corrected chi connectivity index (χ2v) is 5.50. The molecule has 6 heteroatoms. The number of rotatable bonds is 4. The van der Waals surface area contributed by atoms with Gasteiger partial charge in [0, 0.05) is 5.57 Å². The summed E-state index contributed by atoms with van der Waals surface area (Å²) in [6.45, 7) is 4.26. The van der Waals surface area contributed by atoms with Gasteiger partial charge in [-0.2, -0.15) is 0 Å². The van der Waals surface area contributed by atoms with Gasteiger partial charge in [-0.15, -0.1) is 0 Å². The number of hydrogen-bond donors (Lipinski definition) is 3. The third kappa shape index (κ3) is 2.94. The average molecular weight is 222 g/mol. The molecule has 0 saturated heterocycles. The molecule has 0 aliphatic carbocycles. The lowest BCUT2D eigenvalue weighted by Gasteiger charge is -2.25. The van der Waals surface area contributed by atoms with E-state index in [-0.39, 0.29) is 12.0 Å². The third-order valence-electron chi connectivity index (χ3n) is 2.25. The molecule has 0 aliphatic rings. The van der Waals surface area contributed by atoms with Gasteiger partial charge in [0.2, 0.25) is 0 Å². The number of carboxylic acid groups (broad SMARTS) is 1. The molecular formula is C8H15O5P. The quantitative estimate of drug-likeness (QED) is 0.493. The highest BCUT2D eigenvalue weighted by atomic mass is 31.2. The van der Waals surface area contributed by atoms with Gasteiger partial charge in [-0.3, -0.25) is 4.57 Å². The molecule has 0 spiro atoms. The molecule has 0 rings (SSSR count). The van der Waals surface area contributed by atoms with Crippen LogP contribution in [0, 0.1) is 0 Å². The Kier molecular flexibility index (Phi) is 4.06. The van der Waals surface area contributed by atoms with Crippen molar-refractivity contribution in [1.82, 2.24) is 0 Å². The molecule has 0 bridgehead atoms. The van der Waals surface area contributed by atoms with Crippen LogP contribution in [0.4, 0.5) is 0 Å². The van der Waals surface area contributed by atoms with Crippen LogP contribution in [0.5, 0.6) is 0 Å². The van der Waals surface area contributed by atoms with Crippen LogP contribution in [-0.4, -0.2) is 26.0 Å². The molecule has 0 aromatic rings. The Balaban J connectivity index is 5.20. The molecule has 0 aromatic heterocycles. The lowest BCUT2D eigenvalue weighted by Crippen LogP contribution is -2.22. The van der Waals surface area contributed by atoms with Gasteiger partial charge in [0.1, 0.15) is 0 Å². The minimum absolute atomic E-state index is 0.0577. The van der Waals surface area contributed by atoms with Gasteiger partial charge in [0.25, 0.3) is 0 Å². The number of carbonyl (C=O) groups is 1. The summed E-state index contributed by atoms with van der Waals surface area (Å²) in [4.78, 5) is 28.6. The summed E-state index contributed by atoms with van der Waals surface area (Å²) in [5, 5.41) is 7.19. The number of allylic oxidation sites excluding steroid dienone is 1. The van der Waals surface area contributed by atoms with E-state index < -0.39 is 18.7 Å². The van der Waals surface area contributed by atoms with E-state index in [4.69, 9.17) is 14.9 Å². The van der Waals surface area contributed by atoms with Gasteiger partial charge in [-0.25, -0.2) is 4.79 Å². The minimum Gasteiger partial charge on any atom is -0.478 e. The Bertz CT molecular complexity index is 303. The van der Waals surface area contributed by atoms with E-state index in [1.54, 1.807) is 6.92 Å². The summed E-state index contributed by atoms with van der Waals surface area (Å²) in [5.74, 6) is -1.17. The van der Waals surface area contributed by atoms with Crippen molar-refractivity contribution in [3.8, 4) is 0 Å². The van der Waals surface area contributed by atoms with Gasteiger partial charge < -0.3 is 14.9 Å². The number of carboxylic acids is 1. The zero-order valence-electron chi connectivity index (χ0n) is 8.39. The molecule has 5 nitrogen and oxygen atoms in total. The predicted octanol–water partition coefficient (Wildman–Crippen LogP) is 1.36. The zero-order valence-corrected chi connectivity index (χ0v) is 9.28. The van der Waals surface area contributed by atoms with E-state index in [9.17, 15) is 9.36 Å². The summed E-state index contributed by atoms with van der Waals surface area (Å²) in [5.41, 5.74) is -0.0577. The SMILES string of the molecule is CCC(C)(/C=C(\C)C(=O)O)P(=O)(O)O. The van der Waals surface area contributed by atoms with Gasteiger partial charge in [-0.05, 0) is 20.3 Å². The smallest absolute Gasteiger partial charge is 0.335 e. The molecule has 0 amide bonds. The molecule has 3 N–H and O–H groups in total. The van der Waals surface area contributed by atoms with Crippen molar-refractivity contribution in [1.29, 1.82) is 0 Å². The van der Waals surface area contributed by atoms with Crippen molar-refractivity contribution >= 4 is 13.6 Å². The van der Waals surface area contributed by atoms with Crippen molar-refractivity contribution in [2.75, 3.05) is 0 Å². The number of aliphatic carboxylic acids is 1. The van der Waals surface area contributed by atoms with Crippen LogP contribution in [0.25, 0.3) is 0 Å². The summed E-state index contributed by atoms with van der Waals surface area (Å²) >= 11 is 0. The second kappa shape index (κ2) is 4.26. The van der Waals surface area contributed by atoms with E-state index in [0.29, 0.717) is 0 Å². The molecule has 1 atom stereocenters. The first kappa shape index (κ1) is 13.4. The molecule has 0 saturated carbocycles. The lowest BCUT2D eigenvalue weighted by molar-refractivity contribution is -0.132. The molecule has 0 fully saturated rings. The highest BCUT2D eigenvalue weighted by Gasteiger charge is 2.39. The summed E-state index contributed by atoms with van der Waals surface area (Å²) < 4.78 is 11.1. The Labute approximate surface area is 82.6 Å². The predicted molar refractivity (Wildman–Crippen MR) is 52.1 cm³/mol. The fraction of sp³-hybridized carbons (Fsp3) is 0.625. The molecule has 0 radical (unpaired) electrons. The van der Waals surface area contributed by atoms with Crippen LogP contribution in [0.2, 0.25) is 0 Å². The maximum Gasteiger partial charge on any atom is 0.335 e. The summed E-state index contributed by atoms with van der Waals surface area (Å²) in [6, 6.07) is 0. The van der Waals surface area contributed by atoms with Crippen LogP contribution in [0.3, 0.4) is 0 Å². The first-order valence-corrected chi connectivity index (χ1v) is 5.73. The van der Waals surface area contributed by atoms with Crippen LogP contribution in [0.15, 0.2) is 11.6 Å². The van der Waals surface area contributed by atoms with Crippen molar-refractivity contribution in [3.05, 3.63) is 11.6 Å². The highest BCUT2D eigenvalue weighted by Crippen LogP contribution is 2.53. The summed E-state index contributed by atoms with van der Waals surface area (Å²) in [7, 11) is -4.32. The average Bonchev–Trinajstić information content (AvgIpc) is 2.01. The molecule has 82 valence electrons. The largest absolute Gasteiger partial charge is 0.478 e. The Hall–Kier alpha value is -0.640. The zero-order chi connectivity index (χ0) is 11.6. The standard InChI is InChI=1S/C8H15O5P/c1-4-8(3,14(11,12)13)5-6(2)7(9)10/h5H,4H2,1-3H3,(H,9,10)(H2,11,12,13)/b6-5+. The molecular weight excluding hydrogens is 207 g/mol. The van der Waals surface area contributed by atoms with Crippen LogP contribution in [-0.2, 0) is 9.36 Å². The fourth-order valence-corrected chi connectivity index (χ4v) is 1.69. The lowest BCUT2D eigenvalue weighted by atomic mass is 10.0. The first-order chi connectivity index (χ1) is 6.14. The van der Waals surface area contributed by atoms with Gasteiger partial charge >= 0.3 is 13.6 Å². The topological polar surface area (TPSA) is 94.8 Å². The molecule has 0 aromatic carbocycles. The third-order valence-corrected chi connectivity index (χ3v) is 4.02. The fourth-order valence-electron chi connectivity index (χ4n) is 0.920. The van der Waals surface area contributed by atoms with E-state index >= 15 is 0 Å². The van der Waals surface area contributed by atoms with E-state index in [1.165, 1.54) is 13.8 Å². The summed E-state index contributed by atoms with van der Waals surface area (Å²) in [6.07, 6.45) is 1.30. The maximum atomic E-state index is 11.1. The van der Waals surface area contributed by atoms with Crippen LogP contribution in [0.1, 0.15) is 27.2 Å². The Morgan fingerprint density at radius 1 is 1.50 bits per heavy atom. The van der Waals surface area contributed by atoms with Crippen molar-refractivity contribution in [2.24, 2.45) is 0 Å². The molecule has 0 aliphatic heterocycles.